The average Bonchev–Trinajstić information content (AvgIpc) is 2.47. The molecule has 21 heavy (non-hydrogen) atoms. The van der Waals surface area contributed by atoms with E-state index >= 15 is 0 Å². The number of carboxylic acid groups (broad SMARTS) is 1. The van der Waals surface area contributed by atoms with E-state index in [0.717, 1.165) is 0 Å². The van der Waals surface area contributed by atoms with E-state index in [9.17, 15) is 9.59 Å². The molecule has 7 heteroatoms. The van der Waals surface area contributed by atoms with E-state index in [2.05, 4.69) is 4.98 Å². The minimum absolute atomic E-state index is 0.00359. The standard InChI is InChI=1S/C14H19N3O4/c15-11-2-1-6-16-13(11)14(20)17-7-3-10(4-8-17)21-9-5-12(18)19/h1-2,6,10H,3-5,7-9,15H2,(H,18,19). The number of aromatic nitrogens is 1. The number of nitrogens with two attached hydrogens (primary N) is 1. The predicted molar refractivity (Wildman–Crippen MR) is 75.8 cm³/mol. The Labute approximate surface area is 122 Å². The van der Waals surface area contributed by atoms with E-state index in [-0.39, 0.29) is 30.7 Å². The molecule has 0 saturated carbocycles. The van der Waals surface area contributed by atoms with Crippen molar-refractivity contribution in [3.05, 3.63) is 24.0 Å². The van der Waals surface area contributed by atoms with Gasteiger partial charge in [-0.2, -0.15) is 0 Å². The number of piperidine rings is 1. The Balaban J connectivity index is 1.82. The number of ether oxygens (including phenoxy) is 1. The molecule has 1 aromatic rings. The third-order valence-corrected chi connectivity index (χ3v) is 3.44. The van der Waals surface area contributed by atoms with Crippen LogP contribution < -0.4 is 5.73 Å². The van der Waals surface area contributed by atoms with E-state index in [1.807, 2.05) is 0 Å². The molecule has 3 N–H and O–H groups in total. The number of carboxylic acids is 1. The largest absolute Gasteiger partial charge is 0.481 e. The lowest BCUT2D eigenvalue weighted by Gasteiger charge is -2.31. The van der Waals surface area contributed by atoms with Crippen molar-refractivity contribution in [2.75, 3.05) is 25.4 Å². The van der Waals surface area contributed by atoms with Crippen LogP contribution in [0.1, 0.15) is 29.8 Å². The van der Waals surface area contributed by atoms with E-state index in [1.54, 1.807) is 23.2 Å². The first-order chi connectivity index (χ1) is 10.1. The van der Waals surface area contributed by atoms with Crippen molar-refractivity contribution >= 4 is 17.6 Å². The van der Waals surface area contributed by atoms with Crippen molar-refractivity contribution in [3.63, 3.8) is 0 Å². The smallest absolute Gasteiger partial charge is 0.305 e. The van der Waals surface area contributed by atoms with Gasteiger partial charge >= 0.3 is 5.97 Å². The van der Waals surface area contributed by atoms with Crippen LogP contribution in [0.3, 0.4) is 0 Å². The zero-order valence-corrected chi connectivity index (χ0v) is 11.7. The fourth-order valence-electron chi connectivity index (χ4n) is 2.28. The van der Waals surface area contributed by atoms with Gasteiger partial charge in [-0.1, -0.05) is 0 Å². The molecule has 0 unspecified atom stereocenters. The summed E-state index contributed by atoms with van der Waals surface area (Å²) in [5.74, 6) is -1.04. The summed E-state index contributed by atoms with van der Waals surface area (Å²) in [5.41, 5.74) is 6.42. The monoisotopic (exact) mass is 293 g/mol. The zero-order chi connectivity index (χ0) is 15.2. The van der Waals surface area contributed by atoms with E-state index in [4.69, 9.17) is 15.6 Å². The first-order valence-electron chi connectivity index (χ1n) is 6.91. The molecule has 0 atom stereocenters. The first kappa shape index (κ1) is 15.2. The number of anilines is 1. The highest BCUT2D eigenvalue weighted by molar-refractivity contribution is 5.97. The fraction of sp³-hybridized carbons (Fsp3) is 0.500. The number of nitrogens with zero attached hydrogens (tertiary/aromatic N) is 2. The number of carbonyl (C=O) groups excluding carboxylic acids is 1. The van der Waals surface area contributed by atoms with Gasteiger partial charge in [-0.05, 0) is 25.0 Å². The van der Waals surface area contributed by atoms with E-state index in [1.165, 1.54) is 0 Å². The SMILES string of the molecule is Nc1cccnc1C(=O)N1CCC(OCCC(=O)O)CC1. The van der Waals surface area contributed by atoms with Gasteiger partial charge in [0.1, 0.15) is 0 Å². The van der Waals surface area contributed by atoms with Crippen LogP contribution in [0.25, 0.3) is 0 Å². The third kappa shape index (κ3) is 4.16. The summed E-state index contributed by atoms with van der Waals surface area (Å²) < 4.78 is 5.49. The maximum Gasteiger partial charge on any atom is 0.305 e. The maximum atomic E-state index is 12.3. The Morgan fingerprint density at radius 3 is 2.76 bits per heavy atom. The number of aliphatic carboxylic acids is 1. The lowest BCUT2D eigenvalue weighted by Crippen LogP contribution is -2.41. The molecule has 1 aliphatic heterocycles. The molecule has 1 saturated heterocycles. The molecule has 1 aromatic heterocycles. The second kappa shape index (κ2) is 7.03. The Morgan fingerprint density at radius 1 is 1.43 bits per heavy atom. The number of rotatable bonds is 5. The molecule has 2 rings (SSSR count). The number of hydrogen-bond acceptors (Lipinski definition) is 5. The quantitative estimate of drug-likeness (QED) is 0.830. The molecule has 2 heterocycles. The van der Waals surface area contributed by atoms with Crippen LogP contribution in [-0.2, 0) is 9.53 Å². The van der Waals surface area contributed by atoms with Crippen LogP contribution >= 0.6 is 0 Å². The van der Waals surface area contributed by atoms with Gasteiger partial charge in [-0.15, -0.1) is 0 Å². The molecule has 1 fully saturated rings. The number of carbonyl (C=O) groups is 2. The van der Waals surface area contributed by atoms with Crippen molar-refractivity contribution in [1.82, 2.24) is 9.88 Å². The van der Waals surface area contributed by atoms with Crippen molar-refractivity contribution in [1.29, 1.82) is 0 Å². The third-order valence-electron chi connectivity index (χ3n) is 3.44. The molecular formula is C14H19N3O4. The van der Waals surface area contributed by atoms with Crippen molar-refractivity contribution in [3.8, 4) is 0 Å². The highest BCUT2D eigenvalue weighted by Gasteiger charge is 2.25. The van der Waals surface area contributed by atoms with Crippen LogP contribution in [0.2, 0.25) is 0 Å². The minimum Gasteiger partial charge on any atom is -0.481 e. The predicted octanol–water partition coefficient (Wildman–Crippen LogP) is 0.760. The number of likely N-dealkylation sites (tertiary alicyclic amines) is 1. The number of nitrogen functional groups attached to an aromatic ring is 1. The molecule has 0 spiro atoms. The Kier molecular flexibility index (Phi) is 5.10. The minimum atomic E-state index is -0.867. The number of hydrogen-bond donors (Lipinski definition) is 2. The lowest BCUT2D eigenvalue weighted by atomic mass is 10.1. The van der Waals surface area contributed by atoms with Crippen molar-refractivity contribution in [2.24, 2.45) is 0 Å². The summed E-state index contributed by atoms with van der Waals surface area (Å²) in [6.07, 6.45) is 2.94. The normalized spacial score (nSPS) is 15.9. The van der Waals surface area contributed by atoms with Crippen LogP contribution in [0.4, 0.5) is 5.69 Å². The maximum absolute atomic E-state index is 12.3. The van der Waals surface area contributed by atoms with Gasteiger partial charge in [0.15, 0.2) is 5.69 Å². The Morgan fingerprint density at radius 2 is 2.14 bits per heavy atom. The summed E-state index contributed by atoms with van der Waals surface area (Å²) in [6.45, 7) is 1.33. The van der Waals surface area contributed by atoms with Crippen molar-refractivity contribution in [2.45, 2.75) is 25.4 Å². The van der Waals surface area contributed by atoms with Gasteiger partial charge in [0, 0.05) is 19.3 Å². The second-order valence-corrected chi connectivity index (χ2v) is 4.95. The molecule has 114 valence electrons. The van der Waals surface area contributed by atoms with Crippen LogP contribution in [0.15, 0.2) is 18.3 Å². The van der Waals surface area contributed by atoms with Crippen LogP contribution in [0, 0.1) is 0 Å². The first-order valence-corrected chi connectivity index (χ1v) is 6.91. The van der Waals surface area contributed by atoms with Crippen LogP contribution in [0.5, 0.6) is 0 Å². The molecule has 0 aromatic carbocycles. The summed E-state index contributed by atoms with van der Waals surface area (Å²) in [4.78, 5) is 28.4. The lowest BCUT2D eigenvalue weighted by molar-refractivity contribution is -0.138. The Bertz CT molecular complexity index is 513. The van der Waals surface area contributed by atoms with Gasteiger partial charge in [-0.3, -0.25) is 9.59 Å². The fourth-order valence-corrected chi connectivity index (χ4v) is 2.28. The summed E-state index contributed by atoms with van der Waals surface area (Å²) in [5, 5.41) is 8.56. The summed E-state index contributed by atoms with van der Waals surface area (Å²) >= 11 is 0. The van der Waals surface area contributed by atoms with Crippen LogP contribution in [-0.4, -0.2) is 52.7 Å². The van der Waals surface area contributed by atoms with Gasteiger partial charge in [-0.25, -0.2) is 4.98 Å². The number of amides is 1. The second-order valence-electron chi connectivity index (χ2n) is 4.95. The topological polar surface area (TPSA) is 106 Å². The Hall–Kier alpha value is -2.15. The number of pyridine rings is 1. The molecule has 0 aliphatic carbocycles. The van der Waals surface area contributed by atoms with E-state index < -0.39 is 5.97 Å². The summed E-state index contributed by atoms with van der Waals surface area (Å²) in [7, 11) is 0. The summed E-state index contributed by atoms with van der Waals surface area (Å²) in [6, 6.07) is 3.34. The van der Waals surface area contributed by atoms with Crippen molar-refractivity contribution < 1.29 is 19.4 Å². The molecule has 0 bridgehead atoms. The van der Waals surface area contributed by atoms with Gasteiger partial charge in [0.25, 0.3) is 5.91 Å². The zero-order valence-electron chi connectivity index (χ0n) is 11.7. The van der Waals surface area contributed by atoms with Gasteiger partial charge in [0.2, 0.25) is 0 Å². The highest BCUT2D eigenvalue weighted by Crippen LogP contribution is 2.18. The van der Waals surface area contributed by atoms with Gasteiger partial charge in [0.05, 0.1) is 24.8 Å². The molecule has 1 aliphatic rings. The molecule has 7 nitrogen and oxygen atoms in total. The molecular weight excluding hydrogens is 274 g/mol. The highest BCUT2D eigenvalue weighted by atomic mass is 16.5. The van der Waals surface area contributed by atoms with Gasteiger partial charge < -0.3 is 20.5 Å². The average molecular weight is 293 g/mol. The molecule has 1 amide bonds. The van der Waals surface area contributed by atoms with E-state index in [0.29, 0.717) is 31.6 Å². The molecule has 0 radical (unpaired) electrons.